The van der Waals surface area contributed by atoms with Crippen molar-refractivity contribution in [1.82, 2.24) is 4.98 Å². The summed E-state index contributed by atoms with van der Waals surface area (Å²) in [6.07, 6.45) is 1.26. The second-order valence-corrected chi connectivity index (χ2v) is 6.21. The van der Waals surface area contributed by atoms with Crippen LogP contribution in [0.15, 0.2) is 12.1 Å². The second-order valence-electron chi connectivity index (χ2n) is 4.73. The summed E-state index contributed by atoms with van der Waals surface area (Å²) in [6.45, 7) is 6.09. The molecule has 5 heteroatoms. The maximum absolute atomic E-state index is 12.1. The first-order valence-corrected chi connectivity index (χ1v) is 7.33. The summed E-state index contributed by atoms with van der Waals surface area (Å²) < 4.78 is 0. The van der Waals surface area contributed by atoms with Crippen LogP contribution in [-0.2, 0) is 16.0 Å². The molecule has 1 fully saturated rings. The van der Waals surface area contributed by atoms with E-state index in [0.717, 1.165) is 23.5 Å². The molecular formula is C14H18N2O2S. The van der Waals surface area contributed by atoms with Crippen LogP contribution in [-0.4, -0.2) is 27.8 Å². The van der Waals surface area contributed by atoms with Gasteiger partial charge < -0.3 is 0 Å². The zero-order chi connectivity index (χ0) is 14.0. The van der Waals surface area contributed by atoms with Crippen LogP contribution in [0.3, 0.4) is 0 Å². The molecule has 0 saturated carbocycles. The number of rotatable bonds is 3. The molecule has 0 bridgehead atoms. The smallest absolute Gasteiger partial charge is 0.229 e. The Morgan fingerprint density at radius 3 is 2.89 bits per heavy atom. The van der Waals surface area contributed by atoms with E-state index in [1.165, 1.54) is 11.8 Å². The minimum atomic E-state index is 0.0528. The lowest BCUT2D eigenvalue weighted by Crippen LogP contribution is -2.27. The number of thioether (sulfide) groups is 1. The third-order valence-electron chi connectivity index (χ3n) is 3.15. The minimum absolute atomic E-state index is 0.0528. The number of amides is 1. The molecule has 19 heavy (non-hydrogen) atoms. The average molecular weight is 278 g/mol. The predicted molar refractivity (Wildman–Crippen MR) is 77.4 cm³/mol. The van der Waals surface area contributed by atoms with Gasteiger partial charge in [0.15, 0.2) is 5.12 Å². The lowest BCUT2D eigenvalue weighted by Gasteiger charge is -2.19. The highest BCUT2D eigenvalue weighted by Crippen LogP contribution is 2.29. The summed E-state index contributed by atoms with van der Waals surface area (Å²) in [5.74, 6) is 0.825. The van der Waals surface area contributed by atoms with Gasteiger partial charge in [-0.1, -0.05) is 24.8 Å². The van der Waals surface area contributed by atoms with Gasteiger partial charge in [0, 0.05) is 30.8 Å². The van der Waals surface area contributed by atoms with Gasteiger partial charge in [0.25, 0.3) is 0 Å². The Labute approximate surface area is 117 Å². The Morgan fingerprint density at radius 2 is 2.26 bits per heavy atom. The first-order valence-electron chi connectivity index (χ1n) is 6.45. The summed E-state index contributed by atoms with van der Waals surface area (Å²) >= 11 is 1.25. The average Bonchev–Trinajstić information content (AvgIpc) is 2.69. The fourth-order valence-corrected chi connectivity index (χ4v) is 3.19. The molecule has 0 radical (unpaired) electrons. The van der Waals surface area contributed by atoms with Crippen LogP contribution in [0.1, 0.15) is 31.5 Å². The van der Waals surface area contributed by atoms with Crippen LogP contribution in [0.2, 0.25) is 0 Å². The molecule has 102 valence electrons. The van der Waals surface area contributed by atoms with Crippen LogP contribution in [0.5, 0.6) is 0 Å². The van der Waals surface area contributed by atoms with Gasteiger partial charge in [-0.25, -0.2) is 4.98 Å². The van der Waals surface area contributed by atoms with E-state index in [2.05, 4.69) is 11.9 Å². The van der Waals surface area contributed by atoms with Crippen molar-refractivity contribution in [3.8, 4) is 0 Å². The summed E-state index contributed by atoms with van der Waals surface area (Å²) in [5.41, 5.74) is 1.98. The highest BCUT2D eigenvalue weighted by Gasteiger charge is 2.33. The molecule has 1 aromatic heterocycles. The molecule has 1 amide bonds. The number of carbonyl (C=O) groups is 2. The standard InChI is InChI=1S/C14H18N2O2S/c1-4-11-6-5-9(2)15-14(11)16-8-12(7-13(16)18)19-10(3)17/h5-6,12H,4,7-8H2,1-3H3. The fourth-order valence-electron chi connectivity index (χ4n) is 2.27. The van der Waals surface area contributed by atoms with Crippen LogP contribution in [0, 0.1) is 6.92 Å². The molecule has 2 rings (SSSR count). The number of carbonyl (C=O) groups excluding carboxylic acids is 2. The van der Waals surface area contributed by atoms with E-state index in [-0.39, 0.29) is 16.3 Å². The van der Waals surface area contributed by atoms with E-state index in [1.54, 1.807) is 11.8 Å². The van der Waals surface area contributed by atoms with E-state index in [4.69, 9.17) is 0 Å². The molecular weight excluding hydrogens is 260 g/mol. The molecule has 2 heterocycles. The van der Waals surface area contributed by atoms with Crippen molar-refractivity contribution in [3.05, 3.63) is 23.4 Å². The molecule has 1 aliphatic heterocycles. The number of anilines is 1. The predicted octanol–water partition coefficient (Wildman–Crippen LogP) is 2.34. The molecule has 0 spiro atoms. The maximum atomic E-state index is 12.1. The van der Waals surface area contributed by atoms with Crippen molar-refractivity contribution in [2.24, 2.45) is 0 Å². The van der Waals surface area contributed by atoms with Crippen LogP contribution >= 0.6 is 11.8 Å². The minimum Gasteiger partial charge on any atom is -0.295 e. The highest BCUT2D eigenvalue weighted by molar-refractivity contribution is 8.14. The Bertz CT molecular complexity index is 516. The molecule has 1 atom stereocenters. The molecule has 1 aliphatic rings. The molecule has 1 unspecified atom stereocenters. The third kappa shape index (κ3) is 3.15. The van der Waals surface area contributed by atoms with Crippen molar-refractivity contribution in [2.45, 2.75) is 38.9 Å². The van der Waals surface area contributed by atoms with Gasteiger partial charge in [0.1, 0.15) is 5.82 Å². The first kappa shape index (κ1) is 14.1. The highest BCUT2D eigenvalue weighted by atomic mass is 32.2. The third-order valence-corrected chi connectivity index (χ3v) is 4.13. The van der Waals surface area contributed by atoms with Crippen molar-refractivity contribution >= 4 is 28.6 Å². The zero-order valence-corrected chi connectivity index (χ0v) is 12.3. The SMILES string of the molecule is CCc1ccc(C)nc1N1CC(SC(C)=O)CC1=O. The Morgan fingerprint density at radius 1 is 1.53 bits per heavy atom. The van der Waals surface area contributed by atoms with Crippen LogP contribution < -0.4 is 4.90 Å². The Balaban J connectivity index is 2.25. The number of hydrogen-bond donors (Lipinski definition) is 0. The van der Waals surface area contributed by atoms with Gasteiger partial charge >= 0.3 is 0 Å². The van der Waals surface area contributed by atoms with E-state index in [0.29, 0.717) is 13.0 Å². The van der Waals surface area contributed by atoms with Gasteiger partial charge in [-0.15, -0.1) is 0 Å². The van der Waals surface area contributed by atoms with Gasteiger partial charge in [0.05, 0.1) is 0 Å². The van der Waals surface area contributed by atoms with E-state index >= 15 is 0 Å². The lowest BCUT2D eigenvalue weighted by molar-refractivity contribution is -0.117. The van der Waals surface area contributed by atoms with E-state index < -0.39 is 0 Å². The summed E-state index contributed by atoms with van der Waals surface area (Å²) in [7, 11) is 0. The van der Waals surface area contributed by atoms with Gasteiger partial charge in [-0.05, 0) is 25.0 Å². The largest absolute Gasteiger partial charge is 0.295 e. The molecule has 0 aromatic carbocycles. The Hall–Kier alpha value is -1.36. The lowest BCUT2D eigenvalue weighted by atomic mass is 10.2. The van der Waals surface area contributed by atoms with Gasteiger partial charge in [0.2, 0.25) is 5.91 Å². The first-order chi connectivity index (χ1) is 9.01. The molecule has 0 aliphatic carbocycles. The van der Waals surface area contributed by atoms with Gasteiger partial charge in [-0.2, -0.15) is 0 Å². The van der Waals surface area contributed by atoms with E-state index in [1.807, 2.05) is 19.1 Å². The quantitative estimate of drug-likeness (QED) is 0.851. The number of aromatic nitrogens is 1. The van der Waals surface area contributed by atoms with E-state index in [9.17, 15) is 9.59 Å². The van der Waals surface area contributed by atoms with Crippen molar-refractivity contribution < 1.29 is 9.59 Å². The van der Waals surface area contributed by atoms with Gasteiger partial charge in [-0.3, -0.25) is 14.5 Å². The summed E-state index contributed by atoms with van der Waals surface area (Å²) in [5, 5.41) is 0.115. The van der Waals surface area contributed by atoms with Crippen LogP contribution in [0.4, 0.5) is 5.82 Å². The monoisotopic (exact) mass is 278 g/mol. The topological polar surface area (TPSA) is 50.3 Å². The molecule has 0 N–H and O–H groups in total. The van der Waals surface area contributed by atoms with Crippen molar-refractivity contribution in [3.63, 3.8) is 0 Å². The number of nitrogens with zero attached hydrogens (tertiary/aromatic N) is 2. The number of hydrogen-bond acceptors (Lipinski definition) is 4. The normalized spacial score (nSPS) is 19.0. The summed E-state index contributed by atoms with van der Waals surface area (Å²) in [4.78, 5) is 29.5. The Kier molecular flexibility index (Phi) is 4.24. The fraction of sp³-hybridized carbons (Fsp3) is 0.500. The molecule has 4 nitrogen and oxygen atoms in total. The van der Waals surface area contributed by atoms with Crippen molar-refractivity contribution in [2.75, 3.05) is 11.4 Å². The zero-order valence-electron chi connectivity index (χ0n) is 11.5. The molecule has 1 saturated heterocycles. The second kappa shape index (κ2) is 5.74. The maximum Gasteiger partial charge on any atom is 0.229 e. The number of pyridine rings is 1. The van der Waals surface area contributed by atoms with Crippen molar-refractivity contribution in [1.29, 1.82) is 0 Å². The number of aryl methyl sites for hydroxylation is 2. The molecule has 1 aromatic rings. The summed E-state index contributed by atoms with van der Waals surface area (Å²) in [6, 6.07) is 3.99. The van der Waals surface area contributed by atoms with Crippen LogP contribution in [0.25, 0.3) is 0 Å².